The Morgan fingerprint density at radius 1 is 1.75 bits per heavy atom. The molecular formula is C9H12N2S. The van der Waals surface area contributed by atoms with Gasteiger partial charge >= 0.3 is 0 Å². The predicted molar refractivity (Wildman–Crippen MR) is 53.0 cm³/mol. The summed E-state index contributed by atoms with van der Waals surface area (Å²) in [4.78, 5) is 0. The Morgan fingerprint density at radius 3 is 3.17 bits per heavy atom. The van der Waals surface area contributed by atoms with Gasteiger partial charge in [-0.2, -0.15) is 0 Å². The predicted octanol–water partition coefficient (Wildman–Crippen LogP) is 2.91. The van der Waals surface area contributed by atoms with Crippen molar-refractivity contribution in [3.63, 3.8) is 0 Å². The van der Waals surface area contributed by atoms with Crippen LogP contribution in [0.2, 0.25) is 0 Å². The molecule has 0 saturated heterocycles. The molecule has 1 rings (SSSR count). The Labute approximate surface area is 76.8 Å². The molecule has 0 atom stereocenters. The van der Waals surface area contributed by atoms with Crippen molar-refractivity contribution in [1.29, 1.82) is 0 Å². The van der Waals surface area contributed by atoms with Crippen molar-refractivity contribution >= 4 is 17.1 Å². The van der Waals surface area contributed by atoms with Gasteiger partial charge in [-0.15, -0.1) is 5.10 Å². The third-order valence-corrected chi connectivity index (χ3v) is 1.97. The highest BCUT2D eigenvalue weighted by atomic mass is 32.1. The molecule has 2 nitrogen and oxygen atoms in total. The first-order valence-electron chi connectivity index (χ1n) is 3.97. The van der Waals surface area contributed by atoms with E-state index < -0.39 is 0 Å². The third kappa shape index (κ3) is 2.58. The Morgan fingerprint density at radius 2 is 2.58 bits per heavy atom. The average molecular weight is 180 g/mol. The topological polar surface area (TPSA) is 25.8 Å². The number of hydrogen-bond acceptors (Lipinski definition) is 3. The summed E-state index contributed by atoms with van der Waals surface area (Å²) in [5.41, 5.74) is 1.82. The number of aromatic nitrogens is 2. The first-order chi connectivity index (χ1) is 5.84. The van der Waals surface area contributed by atoms with E-state index in [1.54, 1.807) is 0 Å². The van der Waals surface area contributed by atoms with Crippen molar-refractivity contribution in [3.8, 4) is 0 Å². The molecule has 0 aliphatic heterocycles. The van der Waals surface area contributed by atoms with Crippen LogP contribution in [0.1, 0.15) is 25.5 Å². The standard InChI is InChI=1S/C9H12N2S/c1-3-4-5-6-8(2)9-7-12-11-10-9/h5-7H,2-4H2,1H3. The molecule has 0 radical (unpaired) electrons. The number of allylic oxidation sites excluding steroid dienone is 3. The Hall–Kier alpha value is -0.960. The summed E-state index contributed by atoms with van der Waals surface area (Å²) in [6.07, 6.45) is 6.37. The van der Waals surface area contributed by atoms with E-state index in [1.165, 1.54) is 18.0 Å². The molecular weight excluding hydrogens is 168 g/mol. The normalized spacial score (nSPS) is 10.8. The second-order valence-electron chi connectivity index (χ2n) is 2.51. The lowest BCUT2D eigenvalue weighted by molar-refractivity contribution is 0.959. The van der Waals surface area contributed by atoms with Crippen molar-refractivity contribution in [3.05, 3.63) is 29.8 Å². The summed E-state index contributed by atoms with van der Waals surface area (Å²) in [7, 11) is 0. The van der Waals surface area contributed by atoms with Gasteiger partial charge in [-0.1, -0.05) is 36.6 Å². The summed E-state index contributed by atoms with van der Waals surface area (Å²) in [6, 6.07) is 0. The van der Waals surface area contributed by atoms with E-state index in [4.69, 9.17) is 0 Å². The molecule has 3 heteroatoms. The molecule has 64 valence electrons. The summed E-state index contributed by atoms with van der Waals surface area (Å²) < 4.78 is 3.77. The molecule has 1 heterocycles. The smallest absolute Gasteiger partial charge is 0.105 e. The van der Waals surface area contributed by atoms with Crippen LogP contribution in [0.4, 0.5) is 0 Å². The van der Waals surface area contributed by atoms with Crippen LogP contribution in [-0.4, -0.2) is 9.59 Å². The molecule has 12 heavy (non-hydrogen) atoms. The maximum atomic E-state index is 3.91. The van der Waals surface area contributed by atoms with Gasteiger partial charge in [0.15, 0.2) is 0 Å². The van der Waals surface area contributed by atoms with E-state index in [1.807, 2.05) is 11.5 Å². The van der Waals surface area contributed by atoms with Crippen LogP contribution in [0.25, 0.3) is 5.57 Å². The van der Waals surface area contributed by atoms with Crippen LogP contribution >= 0.6 is 11.5 Å². The monoisotopic (exact) mass is 180 g/mol. The highest BCUT2D eigenvalue weighted by molar-refractivity contribution is 7.03. The molecule has 1 aromatic heterocycles. The lowest BCUT2D eigenvalue weighted by atomic mass is 10.2. The van der Waals surface area contributed by atoms with Gasteiger partial charge in [0.05, 0.1) is 0 Å². The van der Waals surface area contributed by atoms with Crippen molar-refractivity contribution in [1.82, 2.24) is 9.59 Å². The third-order valence-electron chi connectivity index (χ3n) is 1.46. The molecule has 1 aromatic rings. The maximum Gasteiger partial charge on any atom is 0.105 e. The summed E-state index contributed by atoms with van der Waals surface area (Å²) in [6.45, 7) is 6.04. The van der Waals surface area contributed by atoms with E-state index in [-0.39, 0.29) is 0 Å². The van der Waals surface area contributed by atoms with Gasteiger partial charge < -0.3 is 0 Å². The van der Waals surface area contributed by atoms with Crippen molar-refractivity contribution in [2.45, 2.75) is 19.8 Å². The van der Waals surface area contributed by atoms with E-state index in [9.17, 15) is 0 Å². The molecule has 0 aromatic carbocycles. The summed E-state index contributed by atoms with van der Waals surface area (Å²) >= 11 is 1.35. The highest BCUT2D eigenvalue weighted by Gasteiger charge is 1.96. The molecule has 0 spiro atoms. The van der Waals surface area contributed by atoms with Crippen LogP contribution in [0, 0.1) is 0 Å². The fraction of sp³-hybridized carbons (Fsp3) is 0.333. The minimum atomic E-state index is 0.882. The van der Waals surface area contributed by atoms with E-state index in [0.29, 0.717) is 0 Å². The lowest BCUT2D eigenvalue weighted by Gasteiger charge is -1.90. The second kappa shape index (κ2) is 4.83. The van der Waals surface area contributed by atoms with Crippen LogP contribution in [0.5, 0.6) is 0 Å². The van der Waals surface area contributed by atoms with Crippen LogP contribution in [-0.2, 0) is 0 Å². The molecule has 0 aliphatic rings. The van der Waals surface area contributed by atoms with Gasteiger partial charge in [-0.3, -0.25) is 0 Å². The number of nitrogens with zero attached hydrogens (tertiary/aromatic N) is 2. The van der Waals surface area contributed by atoms with Gasteiger partial charge in [0.1, 0.15) is 5.69 Å². The molecule has 0 unspecified atom stereocenters. The molecule has 0 aliphatic carbocycles. The first kappa shape index (κ1) is 9.13. The highest BCUT2D eigenvalue weighted by Crippen LogP contribution is 2.11. The van der Waals surface area contributed by atoms with Crippen molar-refractivity contribution in [2.24, 2.45) is 0 Å². The molecule has 0 fully saturated rings. The molecule has 0 bridgehead atoms. The van der Waals surface area contributed by atoms with Gasteiger partial charge in [-0.05, 0) is 23.5 Å². The van der Waals surface area contributed by atoms with E-state index in [0.717, 1.165) is 17.7 Å². The molecule has 0 amide bonds. The Balaban J connectivity index is 2.50. The minimum Gasteiger partial charge on any atom is -0.138 e. The zero-order valence-corrected chi connectivity index (χ0v) is 7.97. The van der Waals surface area contributed by atoms with E-state index >= 15 is 0 Å². The fourth-order valence-corrected chi connectivity index (χ4v) is 1.26. The largest absolute Gasteiger partial charge is 0.138 e. The quantitative estimate of drug-likeness (QED) is 0.666. The number of hydrogen-bond donors (Lipinski definition) is 0. The zero-order chi connectivity index (χ0) is 8.81. The maximum absolute atomic E-state index is 3.91. The lowest BCUT2D eigenvalue weighted by Crippen LogP contribution is -1.78. The Kier molecular flexibility index (Phi) is 3.67. The van der Waals surface area contributed by atoms with Gasteiger partial charge in [-0.25, -0.2) is 0 Å². The zero-order valence-electron chi connectivity index (χ0n) is 7.16. The van der Waals surface area contributed by atoms with E-state index in [2.05, 4.69) is 29.2 Å². The minimum absolute atomic E-state index is 0.882. The fourth-order valence-electron chi connectivity index (χ4n) is 0.782. The van der Waals surface area contributed by atoms with Gasteiger partial charge in [0.2, 0.25) is 0 Å². The van der Waals surface area contributed by atoms with Crippen LogP contribution < -0.4 is 0 Å². The second-order valence-corrected chi connectivity index (χ2v) is 3.12. The number of unbranched alkanes of at least 4 members (excludes halogenated alkanes) is 1. The molecule has 0 saturated carbocycles. The first-order valence-corrected chi connectivity index (χ1v) is 4.81. The van der Waals surface area contributed by atoms with Crippen LogP contribution in [0.3, 0.4) is 0 Å². The average Bonchev–Trinajstić information content (AvgIpc) is 2.56. The van der Waals surface area contributed by atoms with Gasteiger partial charge in [0.25, 0.3) is 0 Å². The molecule has 0 N–H and O–H groups in total. The van der Waals surface area contributed by atoms with Crippen LogP contribution in [0.15, 0.2) is 24.1 Å². The summed E-state index contributed by atoms with van der Waals surface area (Å²) in [5.74, 6) is 0. The van der Waals surface area contributed by atoms with Gasteiger partial charge in [0, 0.05) is 5.38 Å². The Bertz CT molecular complexity index is 262. The van der Waals surface area contributed by atoms with Crippen molar-refractivity contribution < 1.29 is 0 Å². The van der Waals surface area contributed by atoms with Crippen molar-refractivity contribution in [2.75, 3.05) is 0 Å². The summed E-state index contributed by atoms with van der Waals surface area (Å²) in [5, 5.41) is 5.81. The SMILES string of the molecule is C=C(C=CCCC)c1csnn1. The number of rotatable bonds is 4.